The number of rotatable bonds is 0. The average Bonchev–Trinajstić information content (AvgIpc) is 2.45. The van der Waals surface area contributed by atoms with Gasteiger partial charge in [-0.3, -0.25) is 0 Å². The molecule has 2 fully saturated rings. The van der Waals surface area contributed by atoms with Crippen molar-refractivity contribution in [2.24, 2.45) is 0 Å². The summed E-state index contributed by atoms with van der Waals surface area (Å²) in [4.78, 5) is 0. The zero-order chi connectivity index (χ0) is 13.2. The first-order valence-electron chi connectivity index (χ1n) is 8.06. The van der Waals surface area contributed by atoms with Gasteiger partial charge in [0.1, 0.15) is 0 Å². The molecule has 2 aliphatic rings. The maximum absolute atomic E-state index is 3.73. The Hall–Kier alpha value is 0.899. The van der Waals surface area contributed by atoms with Crippen LogP contribution in [-0.2, 0) is 17.1 Å². The number of hydrogen-bond acceptors (Lipinski definition) is 5. The summed E-state index contributed by atoms with van der Waals surface area (Å²) >= 11 is 0. The fourth-order valence-corrected chi connectivity index (χ4v) is 3.04. The number of hydrogen-bond donors (Lipinski definition) is 5. The third kappa shape index (κ3) is 10.6. The van der Waals surface area contributed by atoms with Gasteiger partial charge in [0.05, 0.1) is 0 Å². The van der Waals surface area contributed by atoms with Crippen LogP contribution in [0.4, 0.5) is 0 Å². The molecule has 1 aliphatic heterocycles. The third-order valence-electron chi connectivity index (χ3n) is 4.14. The molecular formula is C14H31Cl2MnN5. The molecule has 0 aromatic carbocycles. The minimum absolute atomic E-state index is 0. The minimum Gasteiger partial charge on any atom is -1.00 e. The Morgan fingerprint density at radius 2 is 0.818 bits per heavy atom. The maximum atomic E-state index is 3.73. The van der Waals surface area contributed by atoms with E-state index in [9.17, 15) is 0 Å². The maximum Gasteiger partial charge on any atom is 2.00 e. The van der Waals surface area contributed by atoms with E-state index in [1.807, 2.05) is 0 Å². The molecule has 0 aromatic heterocycles. The van der Waals surface area contributed by atoms with Crippen molar-refractivity contribution in [2.75, 3.05) is 52.4 Å². The molecule has 0 amide bonds. The van der Waals surface area contributed by atoms with E-state index in [1.54, 1.807) is 0 Å². The first-order chi connectivity index (χ1) is 9.47. The second kappa shape index (κ2) is 16.7. The molecule has 5 nitrogen and oxygen atoms in total. The van der Waals surface area contributed by atoms with Crippen molar-refractivity contribution in [1.29, 1.82) is 0 Å². The fourth-order valence-electron chi connectivity index (χ4n) is 3.04. The predicted octanol–water partition coefficient (Wildman–Crippen LogP) is -6.74. The molecule has 8 heteroatoms. The Kier molecular flexibility index (Phi) is 19.1. The minimum atomic E-state index is 0. The van der Waals surface area contributed by atoms with Gasteiger partial charge in [-0.15, -0.1) is 0 Å². The van der Waals surface area contributed by atoms with Gasteiger partial charge in [-0.2, -0.15) is 0 Å². The normalized spacial score (nSPS) is 28.4. The van der Waals surface area contributed by atoms with Gasteiger partial charge in [0.15, 0.2) is 0 Å². The molecule has 2 rings (SSSR count). The van der Waals surface area contributed by atoms with Gasteiger partial charge in [0.25, 0.3) is 0 Å². The standard InChI is InChI=1S/C14H31N5.2ClH.Mn/c1-2-4-14-13(3-1)18-11-9-16-7-5-15-6-8-17-10-12-19-14;;;/h13-19H,1-12H2;2*1H;/q;;;+2/p-2/t13-,14-;;;/m1.../s1. The van der Waals surface area contributed by atoms with Crippen LogP contribution in [0, 0.1) is 0 Å². The number of nitrogens with one attached hydrogen (secondary N) is 5. The van der Waals surface area contributed by atoms with E-state index in [1.165, 1.54) is 25.7 Å². The quantitative estimate of drug-likeness (QED) is 0.264. The van der Waals surface area contributed by atoms with Crippen molar-refractivity contribution >= 4 is 0 Å². The summed E-state index contributed by atoms with van der Waals surface area (Å²) < 4.78 is 0. The van der Waals surface area contributed by atoms with Crippen LogP contribution < -0.4 is 51.4 Å². The summed E-state index contributed by atoms with van der Waals surface area (Å²) in [6, 6.07) is 1.33. The second-order valence-electron chi connectivity index (χ2n) is 5.66. The molecule has 0 bridgehead atoms. The summed E-state index contributed by atoms with van der Waals surface area (Å²) in [5.41, 5.74) is 0. The summed E-state index contributed by atoms with van der Waals surface area (Å²) in [7, 11) is 0. The molecule has 22 heavy (non-hydrogen) atoms. The predicted molar refractivity (Wildman–Crippen MR) is 80.7 cm³/mol. The molecule has 0 spiro atoms. The Balaban J connectivity index is 0. The molecule has 0 aromatic rings. The van der Waals surface area contributed by atoms with Crippen molar-refractivity contribution in [1.82, 2.24) is 26.6 Å². The molecule has 1 saturated carbocycles. The molecule has 5 N–H and O–H groups in total. The van der Waals surface area contributed by atoms with Crippen molar-refractivity contribution < 1.29 is 41.9 Å². The van der Waals surface area contributed by atoms with Gasteiger partial charge in [-0.25, -0.2) is 0 Å². The summed E-state index contributed by atoms with van der Waals surface area (Å²) in [5.74, 6) is 0. The van der Waals surface area contributed by atoms with E-state index >= 15 is 0 Å². The van der Waals surface area contributed by atoms with Crippen LogP contribution in [0.2, 0.25) is 0 Å². The monoisotopic (exact) mass is 394 g/mol. The fraction of sp³-hybridized carbons (Fsp3) is 1.00. The molecule has 1 radical (unpaired) electrons. The Labute approximate surface area is 158 Å². The van der Waals surface area contributed by atoms with Crippen molar-refractivity contribution in [3.05, 3.63) is 0 Å². The zero-order valence-corrected chi connectivity index (χ0v) is 16.0. The van der Waals surface area contributed by atoms with Gasteiger partial charge < -0.3 is 51.4 Å². The van der Waals surface area contributed by atoms with Crippen LogP contribution in [0.1, 0.15) is 25.7 Å². The van der Waals surface area contributed by atoms with Gasteiger partial charge in [-0.1, -0.05) is 12.8 Å². The largest absolute Gasteiger partial charge is 2.00 e. The smallest absolute Gasteiger partial charge is 1.00 e. The van der Waals surface area contributed by atoms with Crippen LogP contribution >= 0.6 is 0 Å². The van der Waals surface area contributed by atoms with Crippen molar-refractivity contribution in [3.63, 3.8) is 0 Å². The second-order valence-corrected chi connectivity index (χ2v) is 5.66. The van der Waals surface area contributed by atoms with E-state index in [-0.39, 0.29) is 41.9 Å². The van der Waals surface area contributed by atoms with Gasteiger partial charge >= 0.3 is 17.1 Å². The topological polar surface area (TPSA) is 60.1 Å². The Morgan fingerprint density at radius 1 is 0.500 bits per heavy atom. The number of halogens is 2. The molecule has 1 aliphatic carbocycles. The van der Waals surface area contributed by atoms with Gasteiger partial charge in [-0.05, 0) is 12.8 Å². The Morgan fingerprint density at radius 3 is 1.18 bits per heavy atom. The van der Waals surface area contributed by atoms with Crippen LogP contribution in [0.5, 0.6) is 0 Å². The summed E-state index contributed by atoms with van der Waals surface area (Å²) in [5, 5.41) is 17.9. The van der Waals surface area contributed by atoms with Crippen LogP contribution in [0.3, 0.4) is 0 Å². The van der Waals surface area contributed by atoms with Crippen molar-refractivity contribution in [2.45, 2.75) is 37.8 Å². The molecular weight excluding hydrogens is 364 g/mol. The number of fused-ring (bicyclic) bond motifs is 1. The first kappa shape index (κ1) is 25.1. The molecule has 1 heterocycles. The van der Waals surface area contributed by atoms with E-state index in [4.69, 9.17) is 0 Å². The van der Waals surface area contributed by atoms with E-state index < -0.39 is 0 Å². The Bertz CT molecular complexity index is 217. The molecule has 0 unspecified atom stereocenters. The summed E-state index contributed by atoms with van der Waals surface area (Å²) in [6.45, 7) is 8.56. The van der Waals surface area contributed by atoms with Gasteiger partial charge in [0, 0.05) is 64.4 Å². The first-order valence-corrected chi connectivity index (χ1v) is 8.06. The van der Waals surface area contributed by atoms with E-state index in [0.29, 0.717) is 12.1 Å². The molecule has 2 atom stereocenters. The van der Waals surface area contributed by atoms with Gasteiger partial charge in [0.2, 0.25) is 0 Å². The molecule has 133 valence electrons. The van der Waals surface area contributed by atoms with E-state index in [0.717, 1.165) is 52.4 Å². The van der Waals surface area contributed by atoms with Crippen LogP contribution in [-0.4, -0.2) is 64.4 Å². The third-order valence-corrected chi connectivity index (χ3v) is 4.14. The summed E-state index contributed by atoms with van der Waals surface area (Å²) in [6.07, 6.45) is 5.41. The van der Waals surface area contributed by atoms with Crippen LogP contribution in [0.15, 0.2) is 0 Å². The average molecular weight is 395 g/mol. The van der Waals surface area contributed by atoms with Crippen LogP contribution in [0.25, 0.3) is 0 Å². The van der Waals surface area contributed by atoms with E-state index in [2.05, 4.69) is 26.6 Å². The van der Waals surface area contributed by atoms with Crippen molar-refractivity contribution in [3.8, 4) is 0 Å². The SMILES string of the molecule is C1CC[C@H]2NCCNCCNCCNCCN[C@@H]2C1.[Cl-].[Cl-].[Mn+2]. The zero-order valence-electron chi connectivity index (χ0n) is 13.3. The molecule has 1 saturated heterocycles.